The largest absolute Gasteiger partial charge is 0.460 e. The Balaban J connectivity index is 1.69. The summed E-state index contributed by atoms with van der Waals surface area (Å²) in [6, 6.07) is -1.14. The standard InChI is InChI=1S/C56H91NO16/c1-35-15-11-10-12-16-36(2)47(71-28-27-70-26-25-69-24-23-58)33-43-20-18-41(7)56(66,73-43)53(63)54(64)57-22-14-13-17-44(57)55(65)72-48(38(4)31-42-19-21-45(59)49(32-42)67-8)34-46(60)37(3)30-40(6)51(62)52(68-9)50(61)39(5)29-35/h10-12,15-16,30,35,37-39,41-49,51-52,58-60,62,66H,13-14,17-29,31-34H2,1-9H3/b12-10+,15-11+,36-16+,40-30+/t35-,37-,38-,39-,41-,42+,43+,44+,45-,46?,47?,48+,49-,51-,52+,56-/m1/s1. The van der Waals surface area contributed by atoms with Gasteiger partial charge in [0.1, 0.15) is 24.4 Å². The van der Waals surface area contributed by atoms with Crippen molar-refractivity contribution in [1.82, 2.24) is 4.90 Å². The average molecular weight is 1030 g/mol. The molecule has 1 saturated carbocycles. The number of fused-ring (bicyclic) bond motifs is 3. The maximum absolute atomic E-state index is 14.5. The van der Waals surface area contributed by atoms with Crippen LogP contribution in [0, 0.1) is 35.5 Å². The lowest BCUT2D eigenvalue weighted by molar-refractivity contribution is -0.266. The summed E-state index contributed by atoms with van der Waals surface area (Å²) in [7, 11) is 2.96. The van der Waals surface area contributed by atoms with E-state index in [0.29, 0.717) is 70.2 Å². The number of amides is 1. The molecular weight excluding hydrogens is 943 g/mol. The van der Waals surface area contributed by atoms with Gasteiger partial charge in [-0.1, -0.05) is 71.1 Å². The molecule has 1 amide bonds. The lowest BCUT2D eigenvalue weighted by Crippen LogP contribution is -2.61. The zero-order valence-electron chi connectivity index (χ0n) is 45.2. The van der Waals surface area contributed by atoms with Gasteiger partial charge in [0.15, 0.2) is 5.78 Å². The minimum Gasteiger partial charge on any atom is -0.460 e. The molecule has 2 bridgehead atoms. The number of esters is 1. The number of nitrogens with zero attached hydrogens (tertiary/aromatic N) is 1. The van der Waals surface area contributed by atoms with Crippen LogP contribution in [0.1, 0.15) is 126 Å². The van der Waals surface area contributed by atoms with E-state index >= 15 is 0 Å². The second kappa shape index (κ2) is 31.1. The van der Waals surface area contributed by atoms with Gasteiger partial charge in [-0.25, -0.2) is 4.79 Å². The van der Waals surface area contributed by atoms with Crippen molar-refractivity contribution in [2.24, 2.45) is 35.5 Å². The van der Waals surface area contributed by atoms with Crippen LogP contribution < -0.4 is 0 Å². The van der Waals surface area contributed by atoms with Gasteiger partial charge in [-0.2, -0.15) is 0 Å². The fraction of sp³-hybridized carbons (Fsp3) is 0.786. The Morgan fingerprint density at radius 1 is 0.795 bits per heavy atom. The zero-order chi connectivity index (χ0) is 53.8. The summed E-state index contributed by atoms with van der Waals surface area (Å²) < 4.78 is 41.1. The van der Waals surface area contributed by atoms with Crippen molar-refractivity contribution < 1.29 is 77.9 Å². The van der Waals surface area contributed by atoms with Crippen molar-refractivity contribution in [3.05, 3.63) is 47.6 Å². The van der Waals surface area contributed by atoms with E-state index < -0.39 is 90.0 Å². The van der Waals surface area contributed by atoms with Crippen molar-refractivity contribution in [2.45, 2.75) is 186 Å². The average Bonchev–Trinajstić information content (AvgIpc) is 3.37. The number of cyclic esters (lactones) is 1. The third-order valence-corrected chi connectivity index (χ3v) is 15.5. The summed E-state index contributed by atoms with van der Waals surface area (Å²) in [4.78, 5) is 58.4. The van der Waals surface area contributed by atoms with E-state index in [0.717, 1.165) is 12.0 Å². The molecule has 16 atom stereocenters. The first-order valence-corrected chi connectivity index (χ1v) is 26.9. The molecule has 4 rings (SSSR count). The summed E-state index contributed by atoms with van der Waals surface area (Å²) in [6.45, 7) is 14.1. The molecule has 3 fully saturated rings. The van der Waals surface area contributed by atoms with Crippen LogP contribution in [0.25, 0.3) is 0 Å². The Labute approximate surface area is 434 Å². The SMILES string of the molecule is CO[C@@H]1C[C@H](C[C@@H](C)[C@@H]2CC(O)[C@H](C)/C=C(\C)[C@@H](O)[C@@H](OC)C(=O)[C@H](C)C[C@H](C)/C=C/C=C/C=C(\C)C(OCCOCCOCCO)C[C@@H]3CC[C@@H](C)[C@@](O)(O3)C(=O)C(=O)N3CCCC[C@H]3C(=O)O2)CC[C@H]1O. The first-order valence-electron chi connectivity index (χ1n) is 26.9. The number of hydrogen-bond acceptors (Lipinski definition) is 16. The second-order valence-electron chi connectivity index (χ2n) is 21.4. The molecule has 73 heavy (non-hydrogen) atoms. The van der Waals surface area contributed by atoms with Gasteiger partial charge in [0.2, 0.25) is 5.79 Å². The predicted octanol–water partition coefficient (Wildman–Crippen LogP) is 5.37. The molecule has 0 aromatic heterocycles. The van der Waals surface area contributed by atoms with Crippen LogP contribution in [0.4, 0.5) is 0 Å². The minimum absolute atomic E-state index is 0.000137. The third-order valence-electron chi connectivity index (χ3n) is 15.5. The highest BCUT2D eigenvalue weighted by Crippen LogP contribution is 2.38. The summed E-state index contributed by atoms with van der Waals surface area (Å²) in [5.74, 6) is -7.60. The first kappa shape index (κ1) is 62.3. The molecule has 4 aliphatic rings. The molecule has 2 saturated heterocycles. The quantitative estimate of drug-likeness (QED) is 0.0637. The van der Waals surface area contributed by atoms with Crippen LogP contribution in [0.5, 0.6) is 0 Å². The van der Waals surface area contributed by atoms with Gasteiger partial charge >= 0.3 is 5.97 Å². The molecular formula is C56H91NO16. The van der Waals surface area contributed by atoms with Crippen molar-refractivity contribution >= 4 is 23.4 Å². The molecule has 17 nitrogen and oxygen atoms in total. The number of ketones is 2. The van der Waals surface area contributed by atoms with Crippen LogP contribution in [0.15, 0.2) is 47.6 Å². The highest BCUT2D eigenvalue weighted by molar-refractivity contribution is 6.39. The maximum atomic E-state index is 14.5. The van der Waals surface area contributed by atoms with Crippen LogP contribution in [0.2, 0.25) is 0 Å². The van der Waals surface area contributed by atoms with Gasteiger partial charge in [-0.3, -0.25) is 14.4 Å². The Morgan fingerprint density at radius 2 is 1.51 bits per heavy atom. The number of carbonyl (C=O) groups is 4. The van der Waals surface area contributed by atoms with Crippen LogP contribution in [-0.4, -0.2) is 175 Å². The highest BCUT2D eigenvalue weighted by Gasteiger charge is 2.53. The molecule has 416 valence electrons. The van der Waals surface area contributed by atoms with E-state index in [1.165, 1.54) is 12.0 Å². The second-order valence-corrected chi connectivity index (χ2v) is 21.4. The fourth-order valence-electron chi connectivity index (χ4n) is 10.8. The number of Topliss-reactive ketones (excluding diaryl/α,β-unsaturated/α-hetero) is 2. The van der Waals surface area contributed by atoms with E-state index in [4.69, 9.17) is 38.3 Å². The number of methoxy groups -OCH3 is 2. The molecule has 0 radical (unpaired) electrons. The predicted molar refractivity (Wildman–Crippen MR) is 274 cm³/mol. The van der Waals surface area contributed by atoms with Gasteiger partial charge in [0, 0.05) is 51.4 Å². The molecule has 3 heterocycles. The van der Waals surface area contributed by atoms with Gasteiger partial charge in [0.05, 0.1) is 70.2 Å². The Kier molecular flexibility index (Phi) is 26.6. The summed E-state index contributed by atoms with van der Waals surface area (Å²) in [5.41, 5.74) is 1.26. The highest BCUT2D eigenvalue weighted by atomic mass is 16.6. The Bertz CT molecular complexity index is 1850. The minimum atomic E-state index is -2.48. The van der Waals surface area contributed by atoms with Gasteiger partial charge in [0.25, 0.3) is 11.7 Å². The molecule has 17 heteroatoms. The molecule has 0 aromatic rings. The summed E-state index contributed by atoms with van der Waals surface area (Å²) >= 11 is 0. The number of aliphatic hydroxyl groups is 5. The first-order chi connectivity index (χ1) is 34.7. The molecule has 3 aliphatic heterocycles. The van der Waals surface area contributed by atoms with Crippen LogP contribution in [0.3, 0.4) is 0 Å². The molecule has 0 spiro atoms. The van der Waals surface area contributed by atoms with E-state index in [9.17, 15) is 39.6 Å². The number of carbonyl (C=O) groups excluding carboxylic acids is 4. The van der Waals surface area contributed by atoms with Crippen molar-refractivity contribution in [1.29, 1.82) is 0 Å². The third kappa shape index (κ3) is 18.5. The van der Waals surface area contributed by atoms with Gasteiger partial charge < -0.3 is 63.6 Å². The lowest BCUT2D eigenvalue weighted by atomic mass is 9.78. The summed E-state index contributed by atoms with van der Waals surface area (Å²) in [6.07, 6.45) is 10.1. The number of hydrogen-bond donors (Lipinski definition) is 5. The Hall–Kier alpha value is -3.20. The van der Waals surface area contributed by atoms with E-state index in [1.54, 1.807) is 34.0 Å². The van der Waals surface area contributed by atoms with Crippen molar-refractivity contribution in [2.75, 3.05) is 60.4 Å². The van der Waals surface area contributed by atoms with E-state index in [2.05, 4.69) is 0 Å². The van der Waals surface area contributed by atoms with Gasteiger partial charge in [-0.05, 0) is 107 Å². The molecule has 0 aromatic carbocycles. The molecule has 5 N–H and O–H groups in total. The molecule has 1 aliphatic carbocycles. The van der Waals surface area contributed by atoms with Crippen molar-refractivity contribution in [3.63, 3.8) is 0 Å². The van der Waals surface area contributed by atoms with Crippen LogP contribution >= 0.6 is 0 Å². The monoisotopic (exact) mass is 1030 g/mol. The fourth-order valence-corrected chi connectivity index (χ4v) is 10.8. The van der Waals surface area contributed by atoms with E-state index in [-0.39, 0.29) is 81.9 Å². The number of piperidine rings is 1. The van der Waals surface area contributed by atoms with Crippen LogP contribution in [-0.2, 0) is 52.3 Å². The topological polar surface area (TPSA) is 237 Å². The number of ether oxygens (including phenoxy) is 7. The maximum Gasteiger partial charge on any atom is 0.329 e. The number of rotatable bonds is 14. The Morgan fingerprint density at radius 3 is 2.21 bits per heavy atom. The molecule has 2 unspecified atom stereocenters. The van der Waals surface area contributed by atoms with E-state index in [1.807, 2.05) is 58.1 Å². The normalized spacial score (nSPS) is 38.3. The van der Waals surface area contributed by atoms with Crippen molar-refractivity contribution in [3.8, 4) is 0 Å². The van der Waals surface area contributed by atoms with Gasteiger partial charge in [-0.15, -0.1) is 0 Å². The number of allylic oxidation sites excluding steroid dienone is 5. The lowest BCUT2D eigenvalue weighted by Gasteiger charge is -2.43. The number of aliphatic hydroxyl groups excluding tert-OH is 4. The smallest absolute Gasteiger partial charge is 0.329 e. The zero-order valence-corrected chi connectivity index (χ0v) is 45.2. The summed E-state index contributed by atoms with van der Waals surface area (Å²) in [5, 5.41) is 55.0.